The monoisotopic (exact) mass is 228 g/mol. The zero-order chi connectivity index (χ0) is 11.5. The zero-order valence-corrected chi connectivity index (χ0v) is 10.1. The summed E-state index contributed by atoms with van der Waals surface area (Å²) in [5, 5.41) is 0.745. The van der Waals surface area contributed by atoms with Crippen LogP contribution in [0.4, 0.5) is 0 Å². The van der Waals surface area contributed by atoms with Gasteiger partial charge in [-0.3, -0.25) is 4.79 Å². The lowest BCUT2D eigenvalue weighted by molar-refractivity contribution is -0.124. The molecular formula is C12H17ClO2. The number of Topliss-reactive ketones (excluding diaryl/α,β-unsaturated/α-hetero) is 1. The number of rotatable bonds is 4. The fourth-order valence-electron chi connectivity index (χ4n) is 2.34. The van der Waals surface area contributed by atoms with Crippen molar-refractivity contribution in [2.75, 3.05) is 0 Å². The molecule has 0 saturated heterocycles. The smallest absolute Gasteiger partial charge is 0.143 e. The normalized spacial score (nSPS) is 29.4. The van der Waals surface area contributed by atoms with Crippen LogP contribution in [0.1, 0.15) is 46.0 Å². The molecule has 0 aromatic carbocycles. The summed E-state index contributed by atoms with van der Waals surface area (Å²) in [7, 11) is 0. The topological polar surface area (TPSA) is 34.1 Å². The van der Waals surface area contributed by atoms with Crippen LogP contribution in [0.5, 0.6) is 0 Å². The molecule has 0 aromatic rings. The Kier molecular flexibility index (Phi) is 4.09. The van der Waals surface area contributed by atoms with Crippen LogP contribution in [-0.4, -0.2) is 12.1 Å². The van der Waals surface area contributed by atoms with Crippen LogP contribution in [0.15, 0.2) is 10.6 Å². The molecule has 0 heterocycles. The van der Waals surface area contributed by atoms with Crippen molar-refractivity contribution in [1.29, 1.82) is 0 Å². The molecule has 1 rings (SSSR count). The maximum Gasteiger partial charge on any atom is 0.143 e. The van der Waals surface area contributed by atoms with E-state index in [2.05, 4.69) is 0 Å². The number of carbonyl (C=O) groups is 2. The van der Waals surface area contributed by atoms with Gasteiger partial charge < -0.3 is 4.79 Å². The largest absolute Gasteiger partial charge is 0.303 e. The quantitative estimate of drug-likeness (QED) is 0.547. The molecule has 0 aromatic heterocycles. The first kappa shape index (κ1) is 12.4. The van der Waals surface area contributed by atoms with Crippen molar-refractivity contribution in [3.05, 3.63) is 10.6 Å². The van der Waals surface area contributed by atoms with E-state index in [0.717, 1.165) is 36.2 Å². The Morgan fingerprint density at radius 2 is 2.20 bits per heavy atom. The van der Waals surface area contributed by atoms with Gasteiger partial charge in [0, 0.05) is 23.3 Å². The highest BCUT2D eigenvalue weighted by atomic mass is 35.5. The van der Waals surface area contributed by atoms with Gasteiger partial charge in [-0.25, -0.2) is 0 Å². The molecule has 0 spiro atoms. The predicted octanol–water partition coefficient (Wildman–Crippen LogP) is 3.24. The molecule has 0 radical (unpaired) electrons. The van der Waals surface area contributed by atoms with E-state index in [9.17, 15) is 9.59 Å². The first-order chi connectivity index (χ1) is 7.02. The second-order valence-electron chi connectivity index (χ2n) is 4.33. The van der Waals surface area contributed by atoms with Crippen molar-refractivity contribution in [3.8, 4) is 0 Å². The molecule has 0 aliphatic heterocycles. The highest BCUT2D eigenvalue weighted by Crippen LogP contribution is 2.45. The van der Waals surface area contributed by atoms with Gasteiger partial charge in [0.05, 0.1) is 0 Å². The lowest BCUT2D eigenvalue weighted by Gasteiger charge is -2.24. The van der Waals surface area contributed by atoms with Gasteiger partial charge in [0.2, 0.25) is 0 Å². The molecule has 1 aliphatic carbocycles. The van der Waals surface area contributed by atoms with Crippen LogP contribution in [0, 0.1) is 5.41 Å². The first-order valence-corrected chi connectivity index (χ1v) is 5.73. The van der Waals surface area contributed by atoms with Gasteiger partial charge in [-0.1, -0.05) is 11.6 Å². The third kappa shape index (κ3) is 2.49. The number of halogens is 1. The van der Waals surface area contributed by atoms with Crippen LogP contribution < -0.4 is 0 Å². The number of unbranched alkanes of at least 4 members (excludes halogenated alkanes) is 1. The Bertz CT molecular complexity index is 303. The van der Waals surface area contributed by atoms with E-state index in [-0.39, 0.29) is 5.78 Å². The summed E-state index contributed by atoms with van der Waals surface area (Å²) in [6, 6.07) is 0. The summed E-state index contributed by atoms with van der Waals surface area (Å²) in [4.78, 5) is 22.1. The van der Waals surface area contributed by atoms with E-state index in [1.807, 2.05) is 13.8 Å². The summed E-state index contributed by atoms with van der Waals surface area (Å²) in [6.07, 6.45) is 4.31. The van der Waals surface area contributed by atoms with E-state index in [4.69, 9.17) is 11.6 Å². The fourth-order valence-corrected chi connectivity index (χ4v) is 2.64. The van der Waals surface area contributed by atoms with Crippen LogP contribution in [0.3, 0.4) is 0 Å². The molecule has 0 N–H and O–H groups in total. The van der Waals surface area contributed by atoms with Crippen molar-refractivity contribution in [1.82, 2.24) is 0 Å². The Hall–Kier alpha value is -0.630. The van der Waals surface area contributed by atoms with Gasteiger partial charge in [-0.2, -0.15) is 0 Å². The highest BCUT2D eigenvalue weighted by Gasteiger charge is 2.41. The third-order valence-corrected chi connectivity index (χ3v) is 3.53. The molecule has 0 bridgehead atoms. The fraction of sp³-hybridized carbons (Fsp3) is 0.667. The van der Waals surface area contributed by atoms with Crippen LogP contribution in [0.25, 0.3) is 0 Å². The minimum atomic E-state index is -0.408. The summed E-state index contributed by atoms with van der Waals surface area (Å²) in [6.45, 7) is 3.79. The molecular weight excluding hydrogens is 212 g/mol. The Morgan fingerprint density at radius 3 is 2.73 bits per heavy atom. The van der Waals surface area contributed by atoms with Crippen LogP contribution in [0.2, 0.25) is 0 Å². The Balaban J connectivity index is 2.81. The maximum atomic E-state index is 11.8. The highest BCUT2D eigenvalue weighted by molar-refractivity contribution is 6.30. The summed E-state index contributed by atoms with van der Waals surface area (Å²) >= 11 is 6.00. The van der Waals surface area contributed by atoms with Crippen LogP contribution in [-0.2, 0) is 9.59 Å². The Morgan fingerprint density at radius 1 is 1.53 bits per heavy atom. The summed E-state index contributed by atoms with van der Waals surface area (Å²) in [5.41, 5.74) is 0.662. The lowest BCUT2D eigenvalue weighted by Crippen LogP contribution is -2.23. The van der Waals surface area contributed by atoms with E-state index in [1.165, 1.54) is 0 Å². The van der Waals surface area contributed by atoms with Crippen molar-refractivity contribution in [2.45, 2.75) is 46.0 Å². The standard InChI is InChI=1S/C12H17ClO2/c1-9(13)10-5-6-11(15)12(10,2)7-3-4-8-14/h8H,3-7H2,1-2H3/b10-9+. The predicted molar refractivity (Wildman–Crippen MR) is 60.8 cm³/mol. The molecule has 1 saturated carbocycles. The number of allylic oxidation sites excluding steroid dienone is 2. The van der Waals surface area contributed by atoms with E-state index >= 15 is 0 Å². The van der Waals surface area contributed by atoms with Gasteiger partial charge in [0.1, 0.15) is 12.1 Å². The second kappa shape index (κ2) is 4.93. The van der Waals surface area contributed by atoms with Crippen molar-refractivity contribution in [3.63, 3.8) is 0 Å². The molecule has 1 unspecified atom stereocenters. The van der Waals surface area contributed by atoms with Crippen molar-refractivity contribution in [2.24, 2.45) is 5.41 Å². The zero-order valence-electron chi connectivity index (χ0n) is 9.31. The van der Waals surface area contributed by atoms with E-state index in [0.29, 0.717) is 12.8 Å². The van der Waals surface area contributed by atoms with E-state index in [1.54, 1.807) is 0 Å². The molecule has 2 nitrogen and oxygen atoms in total. The van der Waals surface area contributed by atoms with Gasteiger partial charge in [-0.15, -0.1) is 0 Å². The molecule has 0 amide bonds. The van der Waals surface area contributed by atoms with E-state index < -0.39 is 5.41 Å². The third-order valence-electron chi connectivity index (χ3n) is 3.30. The molecule has 1 fully saturated rings. The maximum absolute atomic E-state index is 11.8. The average molecular weight is 229 g/mol. The number of hydrogen-bond donors (Lipinski definition) is 0. The number of hydrogen-bond acceptors (Lipinski definition) is 2. The molecule has 84 valence electrons. The summed E-state index contributed by atoms with van der Waals surface area (Å²) in [5.74, 6) is 0.267. The first-order valence-electron chi connectivity index (χ1n) is 5.35. The molecule has 15 heavy (non-hydrogen) atoms. The molecule has 1 aliphatic rings. The molecule has 3 heteroatoms. The van der Waals surface area contributed by atoms with Gasteiger partial charge in [0.25, 0.3) is 0 Å². The number of ketones is 1. The van der Waals surface area contributed by atoms with Gasteiger partial charge in [0.15, 0.2) is 0 Å². The lowest BCUT2D eigenvalue weighted by atomic mass is 9.79. The minimum absolute atomic E-state index is 0.267. The van der Waals surface area contributed by atoms with Gasteiger partial charge >= 0.3 is 0 Å². The molecule has 1 atom stereocenters. The van der Waals surface area contributed by atoms with Gasteiger partial charge in [-0.05, 0) is 38.7 Å². The SMILES string of the molecule is C/C(Cl)=C1/CCC(=O)C1(C)CCCC=O. The number of aldehydes is 1. The van der Waals surface area contributed by atoms with Crippen LogP contribution >= 0.6 is 11.6 Å². The van der Waals surface area contributed by atoms with Crippen molar-refractivity contribution >= 4 is 23.7 Å². The summed E-state index contributed by atoms with van der Waals surface area (Å²) < 4.78 is 0. The Labute approximate surface area is 95.7 Å². The van der Waals surface area contributed by atoms with Crippen molar-refractivity contribution < 1.29 is 9.59 Å². The second-order valence-corrected chi connectivity index (χ2v) is 4.89. The average Bonchev–Trinajstić information content (AvgIpc) is 2.44. The minimum Gasteiger partial charge on any atom is -0.303 e. The number of carbonyl (C=O) groups excluding carboxylic acids is 2.